The van der Waals surface area contributed by atoms with E-state index < -0.39 is 0 Å². The third kappa shape index (κ3) is 6.97. The van der Waals surface area contributed by atoms with Gasteiger partial charge in [0.05, 0.1) is 11.4 Å². The highest BCUT2D eigenvalue weighted by Crippen LogP contribution is 2.48. The van der Waals surface area contributed by atoms with Crippen molar-refractivity contribution in [1.29, 1.82) is 0 Å². The van der Waals surface area contributed by atoms with Gasteiger partial charge in [-0.25, -0.2) is 0 Å². The van der Waals surface area contributed by atoms with E-state index in [0.717, 1.165) is 121 Å². The fraction of sp³-hybridized carbons (Fsp3) is 0.152. The molecule has 0 bridgehead atoms. The minimum absolute atomic E-state index is 0.0795. The summed E-state index contributed by atoms with van der Waals surface area (Å²) in [6, 6.07) is 66.0. The van der Waals surface area contributed by atoms with Crippen molar-refractivity contribution in [3.8, 4) is 0 Å². The third-order valence-corrected chi connectivity index (χ3v) is 14.6. The SMILES string of the molecule is Cc1ccc(N(c2ccc3cc4oc5cc6ccc(N(c7ccc(C)cc7)c7cccc8c7oc7c(C(C)(C)C)cccc78)cc6cc5c4cc3c2)c2cccc3c2oc2c(C(C)(C)C)cccc23)cc1. The summed E-state index contributed by atoms with van der Waals surface area (Å²) in [5, 5.41) is 11.1. The van der Waals surface area contributed by atoms with Crippen molar-refractivity contribution in [2.24, 2.45) is 0 Å². The number of furan rings is 3. The molecule has 0 aliphatic heterocycles. The molecule has 0 unspecified atom stereocenters. The van der Waals surface area contributed by atoms with Gasteiger partial charge in [0.1, 0.15) is 22.3 Å². The second-order valence-corrected chi connectivity index (χ2v) is 21.6. The molecule has 0 aliphatic rings. The maximum Gasteiger partial charge on any atom is 0.159 e. The van der Waals surface area contributed by atoms with Crippen molar-refractivity contribution in [1.82, 2.24) is 0 Å². The Labute approximate surface area is 413 Å². The van der Waals surface area contributed by atoms with E-state index in [1.165, 1.54) is 22.3 Å². The van der Waals surface area contributed by atoms with E-state index in [-0.39, 0.29) is 10.8 Å². The van der Waals surface area contributed by atoms with Crippen LogP contribution in [0.25, 0.3) is 87.4 Å². The van der Waals surface area contributed by atoms with Crippen LogP contribution in [0, 0.1) is 13.8 Å². The molecule has 0 radical (unpaired) electrons. The van der Waals surface area contributed by atoms with Crippen LogP contribution >= 0.6 is 0 Å². The van der Waals surface area contributed by atoms with Gasteiger partial charge in [-0.1, -0.05) is 150 Å². The van der Waals surface area contributed by atoms with E-state index in [0.29, 0.717) is 0 Å². The Hall–Kier alpha value is -8.28. The van der Waals surface area contributed by atoms with Gasteiger partial charge in [0.25, 0.3) is 0 Å². The van der Waals surface area contributed by atoms with Gasteiger partial charge in [0.2, 0.25) is 0 Å². The number of anilines is 6. The quantitative estimate of drug-likeness (QED) is 0.166. The Morgan fingerprint density at radius 3 is 1.07 bits per heavy atom. The highest BCUT2D eigenvalue weighted by molar-refractivity contribution is 6.16. The van der Waals surface area contributed by atoms with Crippen LogP contribution in [-0.2, 0) is 10.8 Å². The molecule has 13 rings (SSSR count). The Balaban J connectivity index is 0.964. The van der Waals surface area contributed by atoms with Gasteiger partial charge < -0.3 is 23.1 Å². The number of aryl methyl sites for hydroxylation is 2. The van der Waals surface area contributed by atoms with Crippen molar-refractivity contribution >= 4 is 121 Å². The standard InChI is InChI=1S/C66H54N2O3/c1-39-21-27-45(28-22-39)67(57-19-11-15-51-49-13-9-17-55(65(3,4)5)61(49)70-63(51)57)47-31-25-41-37-59-53(35-43(41)33-47)54-36-44-34-48(32-26-42(44)38-60(54)69-59)68(46-29-23-40(2)24-30-46)58-20-12-16-52-50-14-10-18-56(66(6,7)8)62(50)71-64(52)58/h9-38H,1-8H3. The zero-order valence-corrected chi connectivity index (χ0v) is 41.4. The molecule has 3 aromatic heterocycles. The van der Waals surface area contributed by atoms with Crippen LogP contribution in [0.5, 0.6) is 0 Å². The maximum absolute atomic E-state index is 6.97. The first-order valence-corrected chi connectivity index (χ1v) is 24.7. The monoisotopic (exact) mass is 922 g/mol. The molecule has 71 heavy (non-hydrogen) atoms. The number of para-hydroxylation sites is 4. The van der Waals surface area contributed by atoms with E-state index in [1.54, 1.807) is 0 Å². The number of rotatable bonds is 6. The predicted molar refractivity (Wildman–Crippen MR) is 300 cm³/mol. The normalized spacial score (nSPS) is 12.5. The van der Waals surface area contributed by atoms with E-state index in [2.05, 4.69) is 247 Å². The van der Waals surface area contributed by atoms with E-state index >= 15 is 0 Å². The molecule has 5 heteroatoms. The fourth-order valence-corrected chi connectivity index (χ4v) is 10.9. The van der Waals surface area contributed by atoms with Gasteiger partial charge in [-0.15, -0.1) is 0 Å². The van der Waals surface area contributed by atoms with E-state index in [4.69, 9.17) is 13.3 Å². The summed E-state index contributed by atoms with van der Waals surface area (Å²) in [6.07, 6.45) is 0. The zero-order valence-electron chi connectivity index (χ0n) is 41.4. The number of hydrogen-bond donors (Lipinski definition) is 0. The van der Waals surface area contributed by atoms with E-state index in [9.17, 15) is 0 Å². The first-order chi connectivity index (χ1) is 34.2. The van der Waals surface area contributed by atoms with E-state index in [1.807, 2.05) is 0 Å². The Bertz CT molecular complexity index is 3990. The van der Waals surface area contributed by atoms with Gasteiger partial charge in [0, 0.05) is 66.2 Å². The summed E-state index contributed by atoms with van der Waals surface area (Å²) >= 11 is 0. The van der Waals surface area contributed by atoms with Gasteiger partial charge in [-0.3, -0.25) is 0 Å². The number of fused-ring (bicyclic) bond motifs is 11. The van der Waals surface area contributed by atoms with Gasteiger partial charge in [-0.05, 0) is 131 Å². The molecule has 346 valence electrons. The number of benzene rings is 10. The third-order valence-electron chi connectivity index (χ3n) is 14.6. The molecule has 0 spiro atoms. The first kappa shape index (κ1) is 42.8. The van der Waals surface area contributed by atoms with Crippen LogP contribution in [0.2, 0.25) is 0 Å². The second kappa shape index (κ2) is 15.6. The van der Waals surface area contributed by atoms with Crippen LogP contribution in [0.3, 0.4) is 0 Å². The highest BCUT2D eigenvalue weighted by atomic mass is 16.3. The lowest BCUT2D eigenvalue weighted by Gasteiger charge is -2.26. The summed E-state index contributed by atoms with van der Waals surface area (Å²) in [4.78, 5) is 4.67. The summed E-state index contributed by atoms with van der Waals surface area (Å²) in [6.45, 7) is 17.7. The molecule has 0 aliphatic carbocycles. The van der Waals surface area contributed by atoms with Gasteiger partial charge >= 0.3 is 0 Å². The fourth-order valence-electron chi connectivity index (χ4n) is 10.9. The molecule has 3 heterocycles. The molecule has 0 saturated heterocycles. The Morgan fingerprint density at radius 2 is 0.676 bits per heavy atom. The second-order valence-electron chi connectivity index (χ2n) is 21.6. The molecule has 0 amide bonds. The van der Waals surface area contributed by atoms with Crippen molar-refractivity contribution in [3.05, 3.63) is 204 Å². The minimum Gasteiger partial charge on any atom is -0.456 e. The summed E-state index contributed by atoms with van der Waals surface area (Å²) in [5.41, 5.74) is 16.2. The van der Waals surface area contributed by atoms with Crippen LogP contribution in [0.4, 0.5) is 34.1 Å². The summed E-state index contributed by atoms with van der Waals surface area (Å²) in [5.74, 6) is 0. The summed E-state index contributed by atoms with van der Waals surface area (Å²) in [7, 11) is 0. The van der Waals surface area contributed by atoms with Gasteiger partial charge in [0.15, 0.2) is 11.2 Å². The first-order valence-electron chi connectivity index (χ1n) is 24.7. The van der Waals surface area contributed by atoms with Crippen molar-refractivity contribution in [3.63, 3.8) is 0 Å². The highest BCUT2D eigenvalue weighted by Gasteiger charge is 2.26. The molecule has 10 aromatic carbocycles. The molecular formula is C66H54N2O3. The Kier molecular flexibility index (Phi) is 9.41. The van der Waals surface area contributed by atoms with Crippen LogP contribution in [0.15, 0.2) is 195 Å². The van der Waals surface area contributed by atoms with Crippen LogP contribution in [0.1, 0.15) is 63.8 Å². The lowest BCUT2D eigenvalue weighted by Crippen LogP contribution is -2.11. The molecule has 5 nitrogen and oxygen atoms in total. The molecule has 0 saturated carbocycles. The number of hydrogen-bond acceptors (Lipinski definition) is 5. The molecule has 13 aromatic rings. The predicted octanol–water partition coefficient (Wildman–Crippen LogP) is 19.8. The topological polar surface area (TPSA) is 45.9 Å². The van der Waals surface area contributed by atoms with Crippen molar-refractivity contribution in [2.45, 2.75) is 66.2 Å². The van der Waals surface area contributed by atoms with Crippen molar-refractivity contribution in [2.75, 3.05) is 9.80 Å². The maximum atomic E-state index is 6.97. The van der Waals surface area contributed by atoms with Crippen molar-refractivity contribution < 1.29 is 13.3 Å². The lowest BCUT2D eigenvalue weighted by atomic mass is 9.86. The average molecular weight is 923 g/mol. The smallest absolute Gasteiger partial charge is 0.159 e. The zero-order chi connectivity index (χ0) is 48.5. The largest absolute Gasteiger partial charge is 0.456 e. The van der Waals surface area contributed by atoms with Crippen LogP contribution < -0.4 is 9.80 Å². The molecular weight excluding hydrogens is 869 g/mol. The minimum atomic E-state index is -0.0795. The number of nitrogens with zero attached hydrogens (tertiary/aromatic N) is 2. The molecule has 0 atom stereocenters. The molecule has 0 N–H and O–H groups in total. The summed E-state index contributed by atoms with van der Waals surface area (Å²) < 4.78 is 20.6. The molecule has 0 fully saturated rings. The Morgan fingerprint density at radius 1 is 0.310 bits per heavy atom. The average Bonchev–Trinajstić information content (AvgIpc) is 4.05. The van der Waals surface area contributed by atoms with Gasteiger partial charge in [-0.2, -0.15) is 0 Å². The van der Waals surface area contributed by atoms with Crippen LogP contribution in [-0.4, -0.2) is 0 Å². The lowest BCUT2D eigenvalue weighted by molar-refractivity contribution is 0.572.